The quantitative estimate of drug-likeness (QED) is 0.905. The fraction of sp³-hybridized carbons (Fsp3) is 0.500. The third-order valence-electron chi connectivity index (χ3n) is 4.44. The highest BCUT2D eigenvalue weighted by atomic mass is 16.2. The summed E-state index contributed by atoms with van der Waals surface area (Å²) in [5.74, 6) is -0.0558. The Labute approximate surface area is 124 Å². The van der Waals surface area contributed by atoms with E-state index in [1.807, 2.05) is 38.4 Å². The van der Waals surface area contributed by atoms with Crippen LogP contribution in [0.25, 0.3) is 10.9 Å². The number of rotatable bonds is 3. The number of nitrogens with one attached hydrogen (secondary N) is 2. The summed E-state index contributed by atoms with van der Waals surface area (Å²) in [5.41, 5.74) is 1.52. The van der Waals surface area contributed by atoms with Crippen LogP contribution < -0.4 is 10.6 Å². The summed E-state index contributed by atoms with van der Waals surface area (Å²) < 4.78 is 1.77. The maximum Gasteiger partial charge on any atom is 0.272 e. The highest BCUT2D eigenvalue weighted by molar-refractivity contribution is 6.04. The molecule has 0 unspecified atom stereocenters. The second-order valence-corrected chi connectivity index (χ2v) is 5.80. The predicted molar refractivity (Wildman–Crippen MR) is 83.3 cm³/mol. The fourth-order valence-corrected chi connectivity index (χ4v) is 3.16. The van der Waals surface area contributed by atoms with Crippen LogP contribution in [0.2, 0.25) is 0 Å². The lowest BCUT2D eigenvalue weighted by Crippen LogP contribution is -2.41. The maximum atomic E-state index is 12.5. The van der Waals surface area contributed by atoms with Crippen LogP contribution >= 0.6 is 0 Å². The highest BCUT2D eigenvalue weighted by Gasteiger charge is 2.23. The SMILES string of the molecule is CNC1CCC(NC(=O)c2nn(C)c3ccccc23)CC1. The minimum atomic E-state index is -0.0558. The summed E-state index contributed by atoms with van der Waals surface area (Å²) in [5, 5.41) is 11.7. The molecule has 1 heterocycles. The molecule has 1 aliphatic rings. The van der Waals surface area contributed by atoms with Gasteiger partial charge in [0.15, 0.2) is 5.69 Å². The minimum absolute atomic E-state index is 0.0558. The number of carbonyl (C=O) groups excluding carboxylic acids is 1. The standard InChI is InChI=1S/C16H22N4O/c1-17-11-7-9-12(10-8-11)18-16(21)15-13-5-3-4-6-14(13)20(2)19-15/h3-6,11-12,17H,7-10H2,1-2H3,(H,18,21). The summed E-state index contributed by atoms with van der Waals surface area (Å²) >= 11 is 0. The van der Waals surface area contributed by atoms with Crippen molar-refractivity contribution in [1.29, 1.82) is 0 Å². The topological polar surface area (TPSA) is 58.9 Å². The van der Waals surface area contributed by atoms with Gasteiger partial charge >= 0.3 is 0 Å². The molecule has 1 saturated carbocycles. The Morgan fingerprint density at radius 1 is 1.19 bits per heavy atom. The number of hydrogen-bond donors (Lipinski definition) is 2. The second kappa shape index (κ2) is 5.85. The summed E-state index contributed by atoms with van der Waals surface area (Å²) in [4.78, 5) is 12.5. The first-order valence-corrected chi connectivity index (χ1v) is 7.59. The van der Waals surface area contributed by atoms with Gasteiger partial charge in [0.1, 0.15) is 0 Å². The van der Waals surface area contributed by atoms with Gasteiger partial charge in [0, 0.05) is 24.5 Å². The van der Waals surface area contributed by atoms with Gasteiger partial charge in [-0.1, -0.05) is 18.2 Å². The Morgan fingerprint density at radius 2 is 1.86 bits per heavy atom. The van der Waals surface area contributed by atoms with Crippen LogP contribution in [0.4, 0.5) is 0 Å². The normalized spacial score (nSPS) is 22.4. The summed E-state index contributed by atoms with van der Waals surface area (Å²) in [7, 11) is 3.88. The summed E-state index contributed by atoms with van der Waals surface area (Å²) in [6.45, 7) is 0. The van der Waals surface area contributed by atoms with E-state index in [4.69, 9.17) is 0 Å². The largest absolute Gasteiger partial charge is 0.348 e. The smallest absolute Gasteiger partial charge is 0.272 e. The first-order chi connectivity index (χ1) is 10.2. The molecule has 5 nitrogen and oxygen atoms in total. The molecular weight excluding hydrogens is 264 g/mol. The molecule has 5 heteroatoms. The molecule has 1 aliphatic carbocycles. The molecule has 1 aromatic carbocycles. The van der Waals surface area contributed by atoms with Crippen LogP contribution in [-0.2, 0) is 7.05 Å². The Morgan fingerprint density at radius 3 is 2.57 bits per heavy atom. The van der Waals surface area contributed by atoms with E-state index in [-0.39, 0.29) is 11.9 Å². The Kier molecular flexibility index (Phi) is 3.92. The molecule has 1 amide bonds. The molecule has 2 N–H and O–H groups in total. The van der Waals surface area contributed by atoms with Crippen LogP contribution in [0.5, 0.6) is 0 Å². The van der Waals surface area contributed by atoms with Crippen LogP contribution in [0.1, 0.15) is 36.2 Å². The van der Waals surface area contributed by atoms with E-state index >= 15 is 0 Å². The van der Waals surface area contributed by atoms with Crippen molar-refractivity contribution in [3.05, 3.63) is 30.0 Å². The summed E-state index contributed by atoms with van der Waals surface area (Å²) in [6, 6.07) is 8.70. The number of benzene rings is 1. The monoisotopic (exact) mass is 286 g/mol. The predicted octanol–water partition coefficient (Wildman–Crippen LogP) is 1.83. The van der Waals surface area contributed by atoms with Crippen LogP contribution in [-0.4, -0.2) is 34.8 Å². The molecule has 0 atom stereocenters. The van der Waals surface area contributed by atoms with Gasteiger partial charge in [0.2, 0.25) is 0 Å². The Hall–Kier alpha value is -1.88. The van der Waals surface area contributed by atoms with E-state index < -0.39 is 0 Å². The van der Waals surface area contributed by atoms with Gasteiger partial charge in [0.25, 0.3) is 5.91 Å². The molecule has 1 aromatic heterocycles. The number of hydrogen-bond acceptors (Lipinski definition) is 3. The fourth-order valence-electron chi connectivity index (χ4n) is 3.16. The number of aryl methyl sites for hydroxylation is 1. The number of fused-ring (bicyclic) bond motifs is 1. The highest BCUT2D eigenvalue weighted by Crippen LogP contribution is 2.21. The van der Waals surface area contributed by atoms with Gasteiger partial charge in [-0.05, 0) is 38.8 Å². The lowest BCUT2D eigenvalue weighted by Gasteiger charge is -2.28. The van der Waals surface area contributed by atoms with Crippen molar-refractivity contribution in [2.45, 2.75) is 37.8 Å². The average Bonchev–Trinajstić information content (AvgIpc) is 2.86. The molecule has 0 saturated heterocycles. The first kappa shape index (κ1) is 14.1. The zero-order valence-electron chi connectivity index (χ0n) is 12.6. The van der Waals surface area contributed by atoms with E-state index in [0.717, 1.165) is 36.6 Å². The van der Waals surface area contributed by atoms with E-state index in [1.54, 1.807) is 4.68 Å². The van der Waals surface area contributed by atoms with Gasteiger partial charge < -0.3 is 10.6 Å². The molecule has 112 valence electrons. The number of aromatic nitrogens is 2. The van der Waals surface area contributed by atoms with Gasteiger partial charge in [0.05, 0.1) is 5.52 Å². The van der Waals surface area contributed by atoms with Crippen molar-refractivity contribution < 1.29 is 4.79 Å². The van der Waals surface area contributed by atoms with E-state index in [9.17, 15) is 4.79 Å². The third kappa shape index (κ3) is 2.78. The van der Waals surface area contributed by atoms with Crippen LogP contribution in [0.15, 0.2) is 24.3 Å². The molecule has 1 fully saturated rings. The molecule has 3 rings (SSSR count). The minimum Gasteiger partial charge on any atom is -0.348 e. The van der Waals surface area contributed by atoms with Crippen molar-refractivity contribution in [1.82, 2.24) is 20.4 Å². The number of carbonyl (C=O) groups is 1. The van der Waals surface area contributed by atoms with Gasteiger partial charge in [-0.15, -0.1) is 0 Å². The van der Waals surface area contributed by atoms with E-state index in [2.05, 4.69) is 15.7 Å². The molecule has 0 radical (unpaired) electrons. The van der Waals surface area contributed by atoms with Crippen LogP contribution in [0.3, 0.4) is 0 Å². The molecule has 2 aromatic rings. The molecular formula is C16H22N4O. The zero-order chi connectivity index (χ0) is 14.8. The van der Waals surface area contributed by atoms with Crippen molar-refractivity contribution in [3.8, 4) is 0 Å². The molecule has 0 aliphatic heterocycles. The van der Waals surface area contributed by atoms with Gasteiger partial charge in [-0.25, -0.2) is 0 Å². The Balaban J connectivity index is 1.73. The van der Waals surface area contributed by atoms with Crippen molar-refractivity contribution in [2.24, 2.45) is 7.05 Å². The van der Waals surface area contributed by atoms with E-state index in [1.165, 1.54) is 0 Å². The number of para-hydroxylation sites is 1. The Bertz CT molecular complexity index is 641. The second-order valence-electron chi connectivity index (χ2n) is 5.80. The lowest BCUT2D eigenvalue weighted by atomic mass is 9.91. The van der Waals surface area contributed by atoms with E-state index in [0.29, 0.717) is 11.7 Å². The third-order valence-corrected chi connectivity index (χ3v) is 4.44. The molecule has 21 heavy (non-hydrogen) atoms. The molecule has 0 bridgehead atoms. The van der Waals surface area contributed by atoms with Crippen molar-refractivity contribution in [2.75, 3.05) is 7.05 Å². The van der Waals surface area contributed by atoms with Gasteiger partial charge in [-0.2, -0.15) is 5.10 Å². The zero-order valence-corrected chi connectivity index (χ0v) is 12.6. The van der Waals surface area contributed by atoms with Gasteiger partial charge in [-0.3, -0.25) is 9.48 Å². The van der Waals surface area contributed by atoms with Crippen molar-refractivity contribution in [3.63, 3.8) is 0 Å². The maximum absolute atomic E-state index is 12.5. The van der Waals surface area contributed by atoms with Crippen molar-refractivity contribution >= 4 is 16.8 Å². The summed E-state index contributed by atoms with van der Waals surface area (Å²) in [6.07, 6.45) is 4.29. The molecule has 0 spiro atoms. The van der Waals surface area contributed by atoms with Crippen LogP contribution in [0, 0.1) is 0 Å². The number of amides is 1. The number of nitrogens with zero attached hydrogens (tertiary/aromatic N) is 2. The lowest BCUT2D eigenvalue weighted by molar-refractivity contribution is 0.0920. The average molecular weight is 286 g/mol. The first-order valence-electron chi connectivity index (χ1n) is 7.59.